The molecule has 1 heterocycles. The van der Waals surface area contributed by atoms with Gasteiger partial charge in [0, 0.05) is 5.02 Å². The van der Waals surface area contributed by atoms with Gasteiger partial charge in [0.15, 0.2) is 0 Å². The van der Waals surface area contributed by atoms with Gasteiger partial charge in [-0.3, -0.25) is 14.5 Å². The predicted molar refractivity (Wildman–Crippen MR) is 105 cm³/mol. The lowest BCUT2D eigenvalue weighted by Gasteiger charge is -2.15. The lowest BCUT2D eigenvalue weighted by atomic mass is 9.85. The largest absolute Gasteiger partial charge is 0.457 e. The summed E-state index contributed by atoms with van der Waals surface area (Å²) in [5, 5.41) is 0.610. The van der Waals surface area contributed by atoms with E-state index in [0.717, 1.165) is 5.56 Å². The normalized spacial score (nSPS) is 21.0. The third kappa shape index (κ3) is 3.45. The van der Waals surface area contributed by atoms with Crippen molar-refractivity contribution >= 4 is 35.1 Å². The van der Waals surface area contributed by atoms with Crippen LogP contribution in [0.25, 0.3) is 0 Å². The number of anilines is 1. The van der Waals surface area contributed by atoms with Gasteiger partial charge in [0.25, 0.3) is 0 Å². The number of hydrogen-bond donors (Lipinski definition) is 0. The molecule has 4 rings (SSSR count). The number of rotatable bonds is 4. The summed E-state index contributed by atoms with van der Waals surface area (Å²) in [5.74, 6) is -1.54. The summed E-state index contributed by atoms with van der Waals surface area (Å²) < 4.78 is 5.34. The Labute approximate surface area is 167 Å². The maximum Gasteiger partial charge on any atom is 0.338 e. The van der Waals surface area contributed by atoms with E-state index >= 15 is 0 Å². The van der Waals surface area contributed by atoms with Crippen LogP contribution in [0.4, 0.5) is 5.69 Å². The highest BCUT2D eigenvalue weighted by atomic mass is 35.5. The molecule has 142 valence electrons. The summed E-state index contributed by atoms with van der Waals surface area (Å²) >= 11 is 5.85. The van der Waals surface area contributed by atoms with Gasteiger partial charge in [-0.15, -0.1) is 0 Å². The number of amides is 2. The van der Waals surface area contributed by atoms with Crippen molar-refractivity contribution in [2.24, 2.45) is 11.8 Å². The second kappa shape index (κ2) is 7.60. The highest BCUT2D eigenvalue weighted by Crippen LogP contribution is 2.37. The molecule has 0 aromatic heterocycles. The fourth-order valence-electron chi connectivity index (χ4n) is 3.64. The average molecular weight is 396 g/mol. The molecule has 0 bridgehead atoms. The highest BCUT2D eigenvalue weighted by Gasteiger charge is 2.47. The molecular weight excluding hydrogens is 378 g/mol. The van der Waals surface area contributed by atoms with Crippen LogP contribution in [0.1, 0.15) is 28.8 Å². The van der Waals surface area contributed by atoms with Gasteiger partial charge >= 0.3 is 5.97 Å². The lowest BCUT2D eigenvalue weighted by molar-refractivity contribution is -0.122. The standard InChI is InChI=1S/C22H18ClNO4/c23-16-10-8-14(9-11-16)13-28-22(27)15-4-3-5-17(12-15)24-20(25)18-6-1-2-7-19(18)21(24)26/h1-5,8-12,18-19H,6-7,13H2/t18-,19-/m1/s1. The molecule has 2 amide bonds. The smallest absolute Gasteiger partial charge is 0.338 e. The maximum atomic E-state index is 12.7. The van der Waals surface area contributed by atoms with Crippen molar-refractivity contribution in [3.63, 3.8) is 0 Å². The fraction of sp³-hybridized carbons (Fsp3) is 0.227. The van der Waals surface area contributed by atoms with Crippen LogP contribution in [0.15, 0.2) is 60.7 Å². The first-order valence-electron chi connectivity index (χ1n) is 9.09. The SMILES string of the molecule is O=C(OCc1ccc(Cl)cc1)c1cccc(N2C(=O)[C@@H]3CC=CC[C@H]3C2=O)c1. The van der Waals surface area contributed by atoms with E-state index in [9.17, 15) is 14.4 Å². The number of benzene rings is 2. The number of fused-ring (bicyclic) bond motifs is 1. The molecule has 0 unspecified atom stereocenters. The number of carbonyl (C=O) groups excluding carboxylic acids is 3. The third-order valence-corrected chi connectivity index (χ3v) is 5.38. The molecule has 0 spiro atoms. The predicted octanol–water partition coefficient (Wildman–Crippen LogP) is 4.15. The number of halogens is 1. The van der Waals surface area contributed by atoms with Crippen LogP contribution < -0.4 is 4.90 Å². The van der Waals surface area contributed by atoms with Crippen molar-refractivity contribution in [1.82, 2.24) is 0 Å². The van der Waals surface area contributed by atoms with E-state index in [1.54, 1.807) is 42.5 Å². The molecule has 2 aromatic rings. The number of ether oxygens (including phenoxy) is 1. The van der Waals surface area contributed by atoms with Gasteiger partial charge in [0.05, 0.1) is 23.1 Å². The zero-order valence-electron chi connectivity index (χ0n) is 15.0. The molecule has 1 saturated heterocycles. The number of esters is 1. The molecule has 1 fully saturated rings. The number of imide groups is 1. The van der Waals surface area contributed by atoms with Gasteiger partial charge in [-0.05, 0) is 48.7 Å². The fourth-order valence-corrected chi connectivity index (χ4v) is 3.77. The monoisotopic (exact) mass is 395 g/mol. The average Bonchev–Trinajstić information content (AvgIpc) is 2.98. The molecule has 5 nitrogen and oxygen atoms in total. The zero-order chi connectivity index (χ0) is 19.7. The molecule has 0 N–H and O–H groups in total. The highest BCUT2D eigenvalue weighted by molar-refractivity contribution is 6.30. The number of nitrogens with zero attached hydrogens (tertiary/aromatic N) is 1. The molecule has 1 aliphatic carbocycles. The molecule has 0 saturated carbocycles. The van der Waals surface area contributed by atoms with Crippen molar-refractivity contribution in [2.45, 2.75) is 19.4 Å². The first-order chi connectivity index (χ1) is 13.5. The van der Waals surface area contributed by atoms with E-state index in [-0.39, 0.29) is 30.3 Å². The van der Waals surface area contributed by atoms with Gasteiger partial charge < -0.3 is 4.74 Å². The second-order valence-corrected chi connectivity index (χ2v) is 7.36. The van der Waals surface area contributed by atoms with Crippen LogP contribution in [0.2, 0.25) is 5.02 Å². The van der Waals surface area contributed by atoms with Gasteiger partial charge in [0.1, 0.15) is 6.61 Å². The van der Waals surface area contributed by atoms with E-state index in [4.69, 9.17) is 16.3 Å². The van der Waals surface area contributed by atoms with Gasteiger partial charge in [0.2, 0.25) is 11.8 Å². The lowest BCUT2D eigenvalue weighted by Crippen LogP contribution is -2.31. The molecule has 2 aliphatic rings. The number of carbonyl (C=O) groups is 3. The maximum absolute atomic E-state index is 12.7. The Morgan fingerprint density at radius 1 is 1.00 bits per heavy atom. The third-order valence-electron chi connectivity index (χ3n) is 5.13. The van der Waals surface area contributed by atoms with Crippen molar-refractivity contribution in [2.75, 3.05) is 4.90 Å². The van der Waals surface area contributed by atoms with Crippen molar-refractivity contribution in [1.29, 1.82) is 0 Å². The Balaban J connectivity index is 1.50. The van der Waals surface area contributed by atoms with Crippen LogP contribution in [0.3, 0.4) is 0 Å². The minimum absolute atomic E-state index is 0.109. The van der Waals surface area contributed by atoms with Crippen molar-refractivity contribution < 1.29 is 19.1 Å². The summed E-state index contributed by atoms with van der Waals surface area (Å²) in [5.41, 5.74) is 1.51. The Hall–Kier alpha value is -2.92. The summed E-state index contributed by atoms with van der Waals surface area (Å²) in [6.45, 7) is 0.109. The minimum atomic E-state index is -0.519. The van der Waals surface area contributed by atoms with E-state index in [0.29, 0.717) is 29.1 Å². The van der Waals surface area contributed by atoms with E-state index < -0.39 is 5.97 Å². The number of hydrogen-bond acceptors (Lipinski definition) is 4. The summed E-state index contributed by atoms with van der Waals surface area (Å²) in [6, 6.07) is 13.5. The van der Waals surface area contributed by atoms with Crippen LogP contribution in [-0.2, 0) is 20.9 Å². The van der Waals surface area contributed by atoms with Gasteiger partial charge in [-0.25, -0.2) is 4.79 Å². The van der Waals surface area contributed by atoms with Gasteiger partial charge in [-0.1, -0.05) is 42.0 Å². The minimum Gasteiger partial charge on any atom is -0.457 e. The van der Waals surface area contributed by atoms with Crippen LogP contribution in [0.5, 0.6) is 0 Å². The van der Waals surface area contributed by atoms with Crippen LogP contribution in [0, 0.1) is 11.8 Å². The molecule has 0 radical (unpaired) electrons. The van der Waals surface area contributed by atoms with Crippen molar-refractivity contribution in [3.05, 3.63) is 76.8 Å². The Bertz CT molecular complexity index is 941. The summed E-state index contributed by atoms with van der Waals surface area (Å²) in [7, 11) is 0. The first kappa shape index (κ1) is 18.4. The molecule has 2 atom stereocenters. The quantitative estimate of drug-likeness (QED) is 0.443. The molecule has 28 heavy (non-hydrogen) atoms. The first-order valence-corrected chi connectivity index (χ1v) is 9.47. The van der Waals surface area contributed by atoms with E-state index in [2.05, 4.69) is 0 Å². The molecule has 2 aromatic carbocycles. The summed E-state index contributed by atoms with van der Waals surface area (Å²) in [4.78, 5) is 39.1. The summed E-state index contributed by atoms with van der Waals surface area (Å²) in [6.07, 6.45) is 5.05. The number of allylic oxidation sites excluding steroid dienone is 2. The molecule has 1 aliphatic heterocycles. The van der Waals surface area contributed by atoms with E-state index in [1.165, 1.54) is 11.0 Å². The Morgan fingerprint density at radius 3 is 2.29 bits per heavy atom. The van der Waals surface area contributed by atoms with E-state index in [1.807, 2.05) is 12.2 Å². The van der Waals surface area contributed by atoms with Gasteiger partial charge in [-0.2, -0.15) is 0 Å². The second-order valence-electron chi connectivity index (χ2n) is 6.92. The van der Waals surface area contributed by atoms with Crippen LogP contribution >= 0.6 is 11.6 Å². The Kier molecular flexibility index (Phi) is 5.01. The molecular formula is C22H18ClNO4. The zero-order valence-corrected chi connectivity index (χ0v) is 15.8. The Morgan fingerprint density at radius 2 is 1.64 bits per heavy atom. The van der Waals surface area contributed by atoms with Crippen molar-refractivity contribution in [3.8, 4) is 0 Å². The molecule has 6 heteroatoms. The van der Waals surface area contributed by atoms with Crippen LogP contribution in [-0.4, -0.2) is 17.8 Å². The topological polar surface area (TPSA) is 63.7 Å².